The molecule has 9 heteroatoms. The average molecular weight is 472 g/mol. The number of benzene rings is 2. The quantitative estimate of drug-likeness (QED) is 0.574. The second-order valence-corrected chi connectivity index (χ2v) is 8.40. The fourth-order valence-electron chi connectivity index (χ4n) is 3.49. The smallest absolute Gasteiger partial charge is 0.329 e. The molecule has 1 atom stereocenters. The van der Waals surface area contributed by atoms with E-state index in [1.807, 2.05) is 0 Å². The molecule has 174 valence electrons. The fraction of sp³-hybridized carbons (Fsp3) is 0.333. The molecule has 1 heterocycles. The van der Waals surface area contributed by atoms with E-state index in [1.165, 1.54) is 0 Å². The van der Waals surface area contributed by atoms with Crippen molar-refractivity contribution in [2.24, 2.45) is 5.92 Å². The average Bonchev–Trinajstić information content (AvgIpc) is 3.21. The number of nitrogens with zero attached hydrogens (tertiary/aromatic N) is 1. The van der Waals surface area contributed by atoms with Crippen LogP contribution in [0.2, 0.25) is 5.02 Å². The van der Waals surface area contributed by atoms with Gasteiger partial charge in [-0.25, -0.2) is 4.79 Å². The lowest BCUT2D eigenvalue weighted by Gasteiger charge is -2.22. The summed E-state index contributed by atoms with van der Waals surface area (Å²) in [7, 11) is 0. The Hall–Kier alpha value is -3.39. The number of anilines is 2. The lowest BCUT2D eigenvalue weighted by atomic mass is 10.0. The zero-order valence-electron chi connectivity index (χ0n) is 18.5. The molecule has 0 saturated carbocycles. The van der Waals surface area contributed by atoms with Crippen molar-refractivity contribution in [3.8, 4) is 0 Å². The van der Waals surface area contributed by atoms with Gasteiger partial charge in [0.25, 0.3) is 11.8 Å². The summed E-state index contributed by atoms with van der Waals surface area (Å²) in [6, 6.07) is 12.5. The molecule has 0 bridgehead atoms. The van der Waals surface area contributed by atoms with E-state index in [-0.39, 0.29) is 22.4 Å². The van der Waals surface area contributed by atoms with Crippen molar-refractivity contribution in [3.05, 3.63) is 59.1 Å². The van der Waals surface area contributed by atoms with Gasteiger partial charge in [0.2, 0.25) is 5.91 Å². The number of hydrogen-bond donors (Lipinski definition) is 2. The molecule has 0 unspecified atom stereocenters. The third kappa shape index (κ3) is 6.10. The van der Waals surface area contributed by atoms with Crippen molar-refractivity contribution < 1.29 is 23.9 Å². The van der Waals surface area contributed by atoms with Crippen LogP contribution in [-0.2, 0) is 19.1 Å². The predicted molar refractivity (Wildman–Crippen MR) is 125 cm³/mol. The zero-order chi connectivity index (χ0) is 24.0. The Bertz CT molecular complexity index is 1060. The lowest BCUT2D eigenvalue weighted by Crippen LogP contribution is -2.46. The van der Waals surface area contributed by atoms with E-state index in [0.29, 0.717) is 24.3 Å². The molecule has 1 aliphatic rings. The molecule has 0 aromatic heterocycles. The van der Waals surface area contributed by atoms with Gasteiger partial charge in [0.05, 0.1) is 22.0 Å². The van der Waals surface area contributed by atoms with Gasteiger partial charge in [-0.2, -0.15) is 0 Å². The first-order valence-corrected chi connectivity index (χ1v) is 11.1. The van der Waals surface area contributed by atoms with Crippen LogP contribution in [-0.4, -0.2) is 42.9 Å². The number of nitrogens with one attached hydrogen (secondary N) is 2. The minimum absolute atomic E-state index is 0.00263. The van der Waals surface area contributed by atoms with Crippen LogP contribution < -0.4 is 15.5 Å². The normalized spacial score (nSPS) is 14.2. The molecule has 1 fully saturated rings. The number of esters is 1. The van der Waals surface area contributed by atoms with Crippen molar-refractivity contribution >= 4 is 46.7 Å². The van der Waals surface area contributed by atoms with E-state index in [0.717, 1.165) is 6.42 Å². The summed E-state index contributed by atoms with van der Waals surface area (Å²) in [6.45, 7) is 3.55. The maximum Gasteiger partial charge on any atom is 0.329 e. The number of carbonyl (C=O) groups is 4. The van der Waals surface area contributed by atoms with E-state index >= 15 is 0 Å². The molecule has 0 radical (unpaired) electrons. The van der Waals surface area contributed by atoms with Gasteiger partial charge in [-0.05, 0) is 36.6 Å². The van der Waals surface area contributed by atoms with Crippen molar-refractivity contribution in [1.82, 2.24) is 5.32 Å². The fourth-order valence-corrected chi connectivity index (χ4v) is 3.71. The SMILES string of the molecule is CC(C)[C@H](NC(=O)c1ccccc1Cl)C(=O)OCC(=O)Nc1ccccc1N1CCCC1=O. The Morgan fingerprint density at radius 3 is 2.45 bits per heavy atom. The summed E-state index contributed by atoms with van der Waals surface area (Å²) >= 11 is 6.06. The molecule has 0 spiro atoms. The summed E-state index contributed by atoms with van der Waals surface area (Å²) < 4.78 is 5.17. The van der Waals surface area contributed by atoms with Gasteiger partial charge in [-0.1, -0.05) is 49.7 Å². The van der Waals surface area contributed by atoms with E-state index in [2.05, 4.69) is 10.6 Å². The second kappa shape index (κ2) is 11.0. The van der Waals surface area contributed by atoms with E-state index in [1.54, 1.807) is 67.3 Å². The number of halogens is 1. The van der Waals surface area contributed by atoms with Gasteiger partial charge in [-0.15, -0.1) is 0 Å². The van der Waals surface area contributed by atoms with Crippen molar-refractivity contribution in [3.63, 3.8) is 0 Å². The van der Waals surface area contributed by atoms with Gasteiger partial charge in [-0.3, -0.25) is 14.4 Å². The van der Waals surface area contributed by atoms with Gasteiger partial charge in [0.15, 0.2) is 6.61 Å². The van der Waals surface area contributed by atoms with Crippen molar-refractivity contribution in [2.45, 2.75) is 32.7 Å². The van der Waals surface area contributed by atoms with Crippen LogP contribution in [0.15, 0.2) is 48.5 Å². The summed E-state index contributed by atoms with van der Waals surface area (Å²) in [5.74, 6) is -2.08. The first-order valence-electron chi connectivity index (χ1n) is 10.7. The highest BCUT2D eigenvalue weighted by atomic mass is 35.5. The number of para-hydroxylation sites is 2. The number of carbonyl (C=O) groups excluding carboxylic acids is 4. The van der Waals surface area contributed by atoms with Crippen LogP contribution in [0.1, 0.15) is 37.0 Å². The predicted octanol–water partition coefficient (Wildman–Crippen LogP) is 3.40. The topological polar surface area (TPSA) is 105 Å². The molecule has 33 heavy (non-hydrogen) atoms. The Kier molecular flexibility index (Phi) is 8.06. The molecule has 0 aliphatic carbocycles. The number of rotatable bonds is 8. The summed E-state index contributed by atoms with van der Waals surface area (Å²) in [6.07, 6.45) is 1.23. The van der Waals surface area contributed by atoms with Crippen LogP contribution in [0.5, 0.6) is 0 Å². The Morgan fingerprint density at radius 1 is 1.09 bits per heavy atom. The van der Waals surface area contributed by atoms with Crippen LogP contribution >= 0.6 is 11.6 Å². The Labute approximate surface area is 197 Å². The van der Waals surface area contributed by atoms with Gasteiger partial charge in [0.1, 0.15) is 6.04 Å². The third-order valence-corrected chi connectivity index (χ3v) is 5.54. The molecular formula is C24H26ClN3O5. The second-order valence-electron chi connectivity index (χ2n) is 8.00. The molecular weight excluding hydrogens is 446 g/mol. The highest BCUT2D eigenvalue weighted by molar-refractivity contribution is 6.33. The summed E-state index contributed by atoms with van der Waals surface area (Å²) in [5.41, 5.74) is 1.30. The van der Waals surface area contributed by atoms with E-state index in [9.17, 15) is 19.2 Å². The largest absolute Gasteiger partial charge is 0.454 e. The molecule has 3 amide bonds. The van der Waals surface area contributed by atoms with Crippen molar-refractivity contribution in [2.75, 3.05) is 23.4 Å². The van der Waals surface area contributed by atoms with Gasteiger partial charge in [0, 0.05) is 13.0 Å². The summed E-state index contributed by atoms with van der Waals surface area (Å²) in [5, 5.41) is 5.58. The summed E-state index contributed by atoms with van der Waals surface area (Å²) in [4.78, 5) is 51.3. The molecule has 1 saturated heterocycles. The minimum Gasteiger partial charge on any atom is -0.454 e. The minimum atomic E-state index is -0.962. The van der Waals surface area contributed by atoms with Gasteiger partial charge < -0.3 is 20.3 Å². The number of hydrogen-bond acceptors (Lipinski definition) is 5. The van der Waals surface area contributed by atoms with Crippen molar-refractivity contribution in [1.29, 1.82) is 0 Å². The first-order chi connectivity index (χ1) is 15.8. The highest BCUT2D eigenvalue weighted by Crippen LogP contribution is 2.29. The van der Waals surface area contributed by atoms with Gasteiger partial charge >= 0.3 is 5.97 Å². The Morgan fingerprint density at radius 2 is 1.79 bits per heavy atom. The van der Waals surface area contributed by atoms with Crippen LogP contribution in [0.3, 0.4) is 0 Å². The number of amides is 3. The maximum absolute atomic E-state index is 12.6. The van der Waals surface area contributed by atoms with Crippen LogP contribution in [0, 0.1) is 5.92 Å². The highest BCUT2D eigenvalue weighted by Gasteiger charge is 2.28. The standard InChI is InChI=1S/C24H26ClN3O5/c1-15(2)22(27-23(31)16-8-3-4-9-17(16)25)24(32)33-14-20(29)26-18-10-5-6-11-19(18)28-13-7-12-21(28)30/h3-6,8-11,15,22H,7,12-14H2,1-2H3,(H,26,29)(H,27,31)/t22-/m0/s1. The monoisotopic (exact) mass is 471 g/mol. The van der Waals surface area contributed by atoms with E-state index < -0.39 is 30.4 Å². The Balaban J connectivity index is 1.60. The van der Waals surface area contributed by atoms with Crippen LogP contribution in [0.25, 0.3) is 0 Å². The molecule has 3 rings (SSSR count). The molecule has 2 aromatic carbocycles. The zero-order valence-corrected chi connectivity index (χ0v) is 19.2. The molecule has 8 nitrogen and oxygen atoms in total. The number of ether oxygens (including phenoxy) is 1. The molecule has 2 N–H and O–H groups in total. The van der Waals surface area contributed by atoms with Crippen LogP contribution in [0.4, 0.5) is 11.4 Å². The van der Waals surface area contributed by atoms with E-state index in [4.69, 9.17) is 16.3 Å². The first kappa shape index (κ1) is 24.3. The molecule has 1 aliphatic heterocycles. The maximum atomic E-state index is 12.6. The molecule has 2 aromatic rings. The third-order valence-electron chi connectivity index (χ3n) is 5.21. The lowest BCUT2D eigenvalue weighted by molar-refractivity contribution is -0.150.